The molecule has 1 aliphatic heterocycles. The van der Waals surface area contributed by atoms with Crippen LogP contribution in [0.1, 0.15) is 22.5 Å². The first kappa shape index (κ1) is 14.3. The maximum absolute atomic E-state index is 12.0. The standard InChI is InChI=1S/C11H15NO5S2/c1-16-11(13)10-9(4-6-18-10)12-19(14,15)7-8-3-2-5-17-8/h4,6,8,12H,2-3,5,7H2,1H3. The molecule has 0 aromatic carbocycles. The third kappa shape index (κ3) is 3.68. The number of hydrogen-bond donors (Lipinski definition) is 1. The van der Waals surface area contributed by atoms with Gasteiger partial charge in [0.2, 0.25) is 10.0 Å². The van der Waals surface area contributed by atoms with Crippen LogP contribution in [0.15, 0.2) is 11.4 Å². The van der Waals surface area contributed by atoms with Gasteiger partial charge in [-0.2, -0.15) is 0 Å². The average molecular weight is 305 g/mol. The Bertz CT molecular complexity index is 545. The maximum atomic E-state index is 12.0. The molecule has 106 valence electrons. The predicted molar refractivity (Wildman–Crippen MR) is 72.0 cm³/mol. The summed E-state index contributed by atoms with van der Waals surface area (Å²) >= 11 is 1.13. The molecule has 0 bridgehead atoms. The van der Waals surface area contributed by atoms with Gasteiger partial charge in [0, 0.05) is 6.61 Å². The first-order valence-corrected chi connectivity index (χ1v) is 8.33. The Morgan fingerprint density at radius 1 is 1.63 bits per heavy atom. The molecule has 6 nitrogen and oxygen atoms in total. The number of rotatable bonds is 5. The second-order valence-corrected chi connectivity index (χ2v) is 6.86. The van der Waals surface area contributed by atoms with E-state index >= 15 is 0 Å². The zero-order chi connectivity index (χ0) is 13.9. The van der Waals surface area contributed by atoms with Crippen molar-refractivity contribution in [2.45, 2.75) is 18.9 Å². The predicted octanol–water partition coefficient (Wildman–Crippen LogP) is 1.46. The quantitative estimate of drug-likeness (QED) is 0.833. The lowest BCUT2D eigenvalue weighted by Crippen LogP contribution is -2.26. The average Bonchev–Trinajstić information content (AvgIpc) is 2.98. The second-order valence-electron chi connectivity index (χ2n) is 4.17. The summed E-state index contributed by atoms with van der Waals surface area (Å²) in [6.07, 6.45) is 1.36. The molecule has 2 heterocycles. The van der Waals surface area contributed by atoms with Gasteiger partial charge in [0.25, 0.3) is 0 Å². The zero-order valence-electron chi connectivity index (χ0n) is 10.4. The topological polar surface area (TPSA) is 81.7 Å². The molecule has 1 unspecified atom stereocenters. The molecule has 1 aliphatic rings. The number of hydrogen-bond acceptors (Lipinski definition) is 6. The van der Waals surface area contributed by atoms with Gasteiger partial charge in [0.1, 0.15) is 4.88 Å². The summed E-state index contributed by atoms with van der Waals surface area (Å²) in [5.74, 6) is -0.645. The molecule has 1 aromatic rings. The van der Waals surface area contributed by atoms with E-state index in [9.17, 15) is 13.2 Å². The minimum Gasteiger partial charge on any atom is -0.465 e. The normalized spacial score (nSPS) is 19.3. The minimum atomic E-state index is -3.53. The first-order valence-electron chi connectivity index (χ1n) is 5.80. The number of thiophene rings is 1. The monoisotopic (exact) mass is 305 g/mol. The number of esters is 1. The van der Waals surface area contributed by atoms with Gasteiger partial charge >= 0.3 is 5.97 Å². The van der Waals surface area contributed by atoms with Gasteiger partial charge in [0.05, 0.1) is 24.7 Å². The summed E-state index contributed by atoms with van der Waals surface area (Å²) in [5.41, 5.74) is 0.259. The number of carbonyl (C=O) groups excluding carboxylic acids is 1. The number of methoxy groups -OCH3 is 1. The van der Waals surface area contributed by atoms with Crippen molar-refractivity contribution in [2.24, 2.45) is 0 Å². The molecule has 0 spiro atoms. The van der Waals surface area contributed by atoms with E-state index in [1.54, 1.807) is 11.4 Å². The fourth-order valence-electron chi connectivity index (χ4n) is 1.87. The third-order valence-corrected chi connectivity index (χ3v) is 4.97. The van der Waals surface area contributed by atoms with Crippen LogP contribution in [0.3, 0.4) is 0 Å². The van der Waals surface area contributed by atoms with Crippen LogP contribution in [0.4, 0.5) is 5.69 Å². The van der Waals surface area contributed by atoms with E-state index in [2.05, 4.69) is 9.46 Å². The molecule has 1 aromatic heterocycles. The Morgan fingerprint density at radius 3 is 3.05 bits per heavy atom. The van der Waals surface area contributed by atoms with E-state index in [1.807, 2.05) is 0 Å². The van der Waals surface area contributed by atoms with Crippen LogP contribution in [0.5, 0.6) is 0 Å². The van der Waals surface area contributed by atoms with Crippen LogP contribution in [0.2, 0.25) is 0 Å². The number of ether oxygens (including phenoxy) is 2. The first-order chi connectivity index (χ1) is 9.02. The van der Waals surface area contributed by atoms with Gasteiger partial charge in [-0.25, -0.2) is 13.2 Å². The molecule has 0 radical (unpaired) electrons. The summed E-state index contributed by atoms with van der Waals surface area (Å²) < 4.78 is 36.3. The zero-order valence-corrected chi connectivity index (χ0v) is 12.1. The molecular formula is C11H15NO5S2. The van der Waals surface area contributed by atoms with E-state index in [0.29, 0.717) is 6.61 Å². The van der Waals surface area contributed by atoms with E-state index in [-0.39, 0.29) is 22.4 Å². The molecule has 1 saturated heterocycles. The summed E-state index contributed by atoms with van der Waals surface area (Å²) in [4.78, 5) is 11.7. The summed E-state index contributed by atoms with van der Waals surface area (Å²) in [6.45, 7) is 0.603. The van der Waals surface area contributed by atoms with Crippen molar-refractivity contribution in [3.63, 3.8) is 0 Å². The van der Waals surface area contributed by atoms with Crippen LogP contribution in [-0.2, 0) is 19.5 Å². The van der Waals surface area contributed by atoms with Crippen molar-refractivity contribution < 1.29 is 22.7 Å². The molecule has 0 saturated carbocycles. The maximum Gasteiger partial charge on any atom is 0.350 e. The highest BCUT2D eigenvalue weighted by atomic mass is 32.2. The Kier molecular flexibility index (Phi) is 4.43. The second kappa shape index (κ2) is 5.89. The summed E-state index contributed by atoms with van der Waals surface area (Å²) in [7, 11) is -2.27. The molecule has 8 heteroatoms. The van der Waals surface area contributed by atoms with Crippen LogP contribution in [-0.4, -0.2) is 40.0 Å². The Labute approximate surface area is 115 Å². The van der Waals surface area contributed by atoms with Gasteiger partial charge in [0.15, 0.2) is 0 Å². The molecule has 0 amide bonds. The highest BCUT2D eigenvalue weighted by Gasteiger charge is 2.25. The lowest BCUT2D eigenvalue weighted by atomic mass is 10.3. The number of sulfonamides is 1. The Balaban J connectivity index is 2.07. The lowest BCUT2D eigenvalue weighted by Gasteiger charge is -2.12. The van der Waals surface area contributed by atoms with Crippen LogP contribution in [0.25, 0.3) is 0 Å². The van der Waals surface area contributed by atoms with Crippen molar-refractivity contribution >= 4 is 33.0 Å². The summed E-state index contributed by atoms with van der Waals surface area (Å²) in [6, 6.07) is 1.55. The molecule has 1 atom stereocenters. The van der Waals surface area contributed by atoms with Crippen LogP contribution in [0, 0.1) is 0 Å². The van der Waals surface area contributed by atoms with E-state index in [1.165, 1.54) is 7.11 Å². The smallest absolute Gasteiger partial charge is 0.350 e. The van der Waals surface area contributed by atoms with Crippen molar-refractivity contribution in [3.8, 4) is 0 Å². The molecule has 2 rings (SSSR count). The fraction of sp³-hybridized carbons (Fsp3) is 0.545. The SMILES string of the molecule is COC(=O)c1sccc1NS(=O)(=O)CC1CCCO1. The van der Waals surface area contributed by atoms with Crippen LogP contribution < -0.4 is 4.72 Å². The van der Waals surface area contributed by atoms with Gasteiger partial charge in [-0.1, -0.05) is 0 Å². The Morgan fingerprint density at radius 2 is 2.42 bits per heavy atom. The third-order valence-electron chi connectivity index (χ3n) is 2.73. The molecule has 19 heavy (non-hydrogen) atoms. The van der Waals surface area contributed by atoms with Crippen LogP contribution >= 0.6 is 11.3 Å². The van der Waals surface area contributed by atoms with Crippen molar-refractivity contribution in [1.29, 1.82) is 0 Å². The van der Waals surface area contributed by atoms with Gasteiger partial charge < -0.3 is 9.47 Å². The van der Waals surface area contributed by atoms with Crippen molar-refractivity contribution in [1.82, 2.24) is 0 Å². The number of carbonyl (C=O) groups is 1. The fourth-order valence-corrected chi connectivity index (χ4v) is 4.04. The van der Waals surface area contributed by atoms with Gasteiger partial charge in [-0.15, -0.1) is 11.3 Å². The number of anilines is 1. The largest absolute Gasteiger partial charge is 0.465 e. The number of nitrogens with one attached hydrogen (secondary N) is 1. The molecular weight excluding hydrogens is 290 g/mol. The van der Waals surface area contributed by atoms with E-state index < -0.39 is 16.0 Å². The Hall–Kier alpha value is -1.12. The van der Waals surface area contributed by atoms with Crippen molar-refractivity contribution in [2.75, 3.05) is 24.2 Å². The molecule has 1 N–H and O–H groups in total. The molecule has 0 aliphatic carbocycles. The van der Waals surface area contributed by atoms with Crippen molar-refractivity contribution in [3.05, 3.63) is 16.3 Å². The highest BCUT2D eigenvalue weighted by molar-refractivity contribution is 7.92. The lowest BCUT2D eigenvalue weighted by molar-refractivity contribution is 0.0607. The summed E-state index contributed by atoms with van der Waals surface area (Å²) in [5, 5.41) is 1.64. The van der Waals surface area contributed by atoms with E-state index in [4.69, 9.17) is 4.74 Å². The minimum absolute atomic E-state index is 0.0938. The molecule has 1 fully saturated rings. The van der Waals surface area contributed by atoms with E-state index in [0.717, 1.165) is 24.2 Å². The van der Waals surface area contributed by atoms with Gasteiger partial charge in [-0.05, 0) is 24.3 Å². The highest BCUT2D eigenvalue weighted by Crippen LogP contribution is 2.25. The van der Waals surface area contributed by atoms with Gasteiger partial charge in [-0.3, -0.25) is 4.72 Å².